The van der Waals surface area contributed by atoms with Gasteiger partial charge in [0.15, 0.2) is 0 Å². The summed E-state index contributed by atoms with van der Waals surface area (Å²) in [5.41, 5.74) is 0.434. The number of ether oxygens (including phenoxy) is 1. The van der Waals surface area contributed by atoms with Crippen LogP contribution in [0.3, 0.4) is 0 Å². The van der Waals surface area contributed by atoms with E-state index in [-0.39, 0.29) is 12.3 Å². The van der Waals surface area contributed by atoms with Crippen LogP contribution in [0.5, 0.6) is 0 Å². The van der Waals surface area contributed by atoms with Gasteiger partial charge in [0.1, 0.15) is 6.07 Å². The van der Waals surface area contributed by atoms with E-state index in [2.05, 4.69) is 15.3 Å². The van der Waals surface area contributed by atoms with E-state index in [4.69, 9.17) is 16.9 Å². The van der Waals surface area contributed by atoms with Crippen molar-refractivity contribution in [3.05, 3.63) is 28.8 Å². The van der Waals surface area contributed by atoms with Gasteiger partial charge in [-0.1, -0.05) is 11.6 Å². The van der Waals surface area contributed by atoms with Gasteiger partial charge < -0.3 is 4.74 Å². The molecule has 0 fully saturated rings. The molecule has 112 valence electrons. The molecule has 0 saturated heterocycles. The molecular formula is C12H9ClF3N3O2. The van der Waals surface area contributed by atoms with Gasteiger partial charge in [0.2, 0.25) is 5.71 Å². The van der Waals surface area contributed by atoms with E-state index in [0.717, 1.165) is 6.07 Å². The van der Waals surface area contributed by atoms with Gasteiger partial charge in [0.25, 0.3) is 0 Å². The largest absolute Gasteiger partial charge is 0.461 e. The fourth-order valence-corrected chi connectivity index (χ4v) is 1.47. The van der Waals surface area contributed by atoms with Crippen LogP contribution >= 0.6 is 11.6 Å². The fourth-order valence-electron chi connectivity index (χ4n) is 1.25. The third-order valence-corrected chi connectivity index (χ3v) is 2.47. The molecule has 5 nitrogen and oxygen atoms in total. The highest BCUT2D eigenvalue weighted by Crippen LogP contribution is 2.36. The zero-order valence-electron chi connectivity index (χ0n) is 10.7. The van der Waals surface area contributed by atoms with Crippen molar-refractivity contribution in [3.63, 3.8) is 0 Å². The Hall–Kier alpha value is -2.27. The summed E-state index contributed by atoms with van der Waals surface area (Å²) in [4.78, 5) is 11.3. The van der Waals surface area contributed by atoms with Crippen molar-refractivity contribution in [1.29, 1.82) is 5.26 Å². The molecule has 0 unspecified atom stereocenters. The van der Waals surface area contributed by atoms with Gasteiger partial charge >= 0.3 is 12.1 Å². The number of hydrazone groups is 1. The number of nitrogens with one attached hydrogen (secondary N) is 1. The molecule has 1 rings (SSSR count). The topological polar surface area (TPSA) is 74.5 Å². The summed E-state index contributed by atoms with van der Waals surface area (Å²) in [6.07, 6.45) is -4.63. The number of hydrogen-bond acceptors (Lipinski definition) is 5. The SMILES string of the molecule is CCOC(=O)C(C#N)=NNc1ccc(Cl)c(C(F)(F)F)c1. The molecule has 9 heteroatoms. The molecule has 0 saturated carbocycles. The van der Waals surface area contributed by atoms with Gasteiger partial charge in [-0.05, 0) is 25.1 Å². The van der Waals surface area contributed by atoms with Gasteiger partial charge in [-0.15, -0.1) is 0 Å². The fraction of sp³-hybridized carbons (Fsp3) is 0.250. The highest BCUT2D eigenvalue weighted by Gasteiger charge is 2.33. The number of carbonyl (C=O) groups excluding carboxylic acids is 1. The van der Waals surface area contributed by atoms with Crippen LogP contribution in [-0.2, 0) is 15.7 Å². The number of benzene rings is 1. The second-order valence-corrected chi connectivity index (χ2v) is 4.00. The lowest BCUT2D eigenvalue weighted by molar-refractivity contribution is -0.137. The van der Waals surface area contributed by atoms with Crippen LogP contribution in [0, 0.1) is 11.3 Å². The van der Waals surface area contributed by atoms with Crippen LogP contribution in [0.2, 0.25) is 5.02 Å². The lowest BCUT2D eigenvalue weighted by atomic mass is 10.2. The van der Waals surface area contributed by atoms with E-state index < -0.39 is 28.4 Å². The van der Waals surface area contributed by atoms with Crippen molar-refractivity contribution in [2.24, 2.45) is 5.10 Å². The Balaban J connectivity index is 2.99. The van der Waals surface area contributed by atoms with E-state index in [1.165, 1.54) is 19.1 Å². The molecule has 0 aliphatic rings. The van der Waals surface area contributed by atoms with Gasteiger partial charge in [0.05, 0.1) is 22.9 Å². The van der Waals surface area contributed by atoms with Gasteiger partial charge in [-0.25, -0.2) is 4.79 Å². The zero-order valence-corrected chi connectivity index (χ0v) is 11.4. The number of anilines is 1. The van der Waals surface area contributed by atoms with Crippen molar-refractivity contribution >= 4 is 29.0 Å². The first-order valence-corrected chi connectivity index (χ1v) is 5.95. The Labute approximate surface area is 123 Å². The first-order valence-electron chi connectivity index (χ1n) is 5.57. The second-order valence-electron chi connectivity index (χ2n) is 3.60. The van der Waals surface area contributed by atoms with Crippen LogP contribution in [0.4, 0.5) is 18.9 Å². The number of rotatable bonds is 4. The van der Waals surface area contributed by atoms with Crippen LogP contribution in [0.1, 0.15) is 12.5 Å². The van der Waals surface area contributed by atoms with E-state index in [1.807, 2.05) is 0 Å². The number of nitriles is 1. The summed E-state index contributed by atoms with van der Waals surface area (Å²) in [6.45, 7) is 1.58. The smallest absolute Gasteiger partial charge is 0.417 e. The maximum absolute atomic E-state index is 12.6. The van der Waals surface area contributed by atoms with E-state index in [0.29, 0.717) is 6.07 Å². The maximum Gasteiger partial charge on any atom is 0.417 e. The summed E-state index contributed by atoms with van der Waals surface area (Å²) in [7, 11) is 0. The number of nitrogens with zero attached hydrogens (tertiary/aromatic N) is 2. The quantitative estimate of drug-likeness (QED) is 0.525. The molecule has 0 aliphatic heterocycles. The molecule has 1 N–H and O–H groups in total. The second kappa shape index (κ2) is 6.95. The minimum absolute atomic E-state index is 0.0404. The van der Waals surface area contributed by atoms with Crippen LogP contribution in [0.25, 0.3) is 0 Å². The summed E-state index contributed by atoms with van der Waals surface area (Å²) >= 11 is 5.45. The lowest BCUT2D eigenvalue weighted by Gasteiger charge is -2.10. The summed E-state index contributed by atoms with van der Waals surface area (Å²) in [5, 5.41) is 11.6. The standard InChI is InChI=1S/C12H9ClF3N3O2/c1-2-21-11(20)10(6-17)19-18-7-3-4-9(13)8(5-7)12(14,15)16/h3-5,18H,2H2,1H3. The first-order chi connectivity index (χ1) is 9.79. The van der Waals surface area contributed by atoms with Crippen molar-refractivity contribution in [2.75, 3.05) is 12.0 Å². The molecular weight excluding hydrogens is 311 g/mol. The van der Waals surface area contributed by atoms with Gasteiger partial charge in [-0.2, -0.15) is 23.5 Å². The average Bonchev–Trinajstić information content (AvgIpc) is 2.40. The number of halogens is 4. The summed E-state index contributed by atoms with van der Waals surface area (Å²) in [5.74, 6) is -0.975. The maximum atomic E-state index is 12.6. The summed E-state index contributed by atoms with van der Waals surface area (Å²) in [6, 6.07) is 4.44. The highest BCUT2D eigenvalue weighted by atomic mass is 35.5. The van der Waals surface area contributed by atoms with E-state index in [1.54, 1.807) is 0 Å². The van der Waals surface area contributed by atoms with Crippen molar-refractivity contribution in [3.8, 4) is 6.07 Å². The molecule has 0 atom stereocenters. The summed E-state index contributed by atoms with van der Waals surface area (Å²) < 4.78 is 42.5. The van der Waals surface area contributed by atoms with Crippen molar-refractivity contribution in [1.82, 2.24) is 0 Å². The van der Waals surface area contributed by atoms with Crippen molar-refractivity contribution < 1.29 is 22.7 Å². The van der Waals surface area contributed by atoms with Crippen molar-refractivity contribution in [2.45, 2.75) is 13.1 Å². The molecule has 0 amide bonds. The zero-order chi connectivity index (χ0) is 16.0. The molecule has 0 radical (unpaired) electrons. The number of alkyl halides is 3. The normalized spacial score (nSPS) is 11.7. The Morgan fingerprint density at radius 3 is 2.71 bits per heavy atom. The van der Waals surface area contributed by atoms with Crippen LogP contribution in [-0.4, -0.2) is 18.3 Å². The van der Waals surface area contributed by atoms with Crippen LogP contribution in [0.15, 0.2) is 23.3 Å². The molecule has 0 spiro atoms. The van der Waals surface area contributed by atoms with Gasteiger partial charge in [-0.3, -0.25) is 5.43 Å². The monoisotopic (exact) mass is 319 g/mol. The minimum Gasteiger partial charge on any atom is -0.461 e. The predicted molar refractivity (Wildman–Crippen MR) is 69.8 cm³/mol. The number of carbonyl (C=O) groups is 1. The third-order valence-electron chi connectivity index (χ3n) is 2.14. The van der Waals surface area contributed by atoms with E-state index in [9.17, 15) is 18.0 Å². The van der Waals surface area contributed by atoms with Crippen LogP contribution < -0.4 is 5.43 Å². The predicted octanol–water partition coefficient (Wildman–Crippen LogP) is 3.21. The van der Waals surface area contributed by atoms with Gasteiger partial charge in [0, 0.05) is 0 Å². The third kappa shape index (κ3) is 4.65. The molecule has 21 heavy (non-hydrogen) atoms. The Bertz CT molecular complexity index is 609. The first kappa shape index (κ1) is 16.8. The molecule has 0 heterocycles. The molecule has 1 aromatic carbocycles. The Morgan fingerprint density at radius 2 is 2.19 bits per heavy atom. The average molecular weight is 320 g/mol. The Morgan fingerprint density at radius 1 is 1.52 bits per heavy atom. The number of esters is 1. The Kier molecular flexibility index (Phi) is 5.55. The molecule has 0 bridgehead atoms. The molecule has 1 aromatic rings. The minimum atomic E-state index is -4.63. The number of hydrogen-bond donors (Lipinski definition) is 1. The molecule has 0 aromatic heterocycles. The highest BCUT2D eigenvalue weighted by molar-refractivity contribution is 6.43. The lowest BCUT2D eigenvalue weighted by Crippen LogP contribution is -2.17. The molecule has 0 aliphatic carbocycles. The van der Waals surface area contributed by atoms with E-state index >= 15 is 0 Å².